The van der Waals surface area contributed by atoms with Gasteiger partial charge >= 0.3 is 0 Å². The van der Waals surface area contributed by atoms with Crippen LogP contribution in [0.3, 0.4) is 0 Å². The zero-order valence-corrected chi connectivity index (χ0v) is 31.2. The summed E-state index contributed by atoms with van der Waals surface area (Å²) in [6, 6.07) is 7.74. The molecule has 0 radical (unpaired) electrons. The van der Waals surface area contributed by atoms with E-state index in [2.05, 4.69) is 57.4 Å². The molecule has 0 aliphatic carbocycles. The largest absolute Gasteiger partial charge is 0.491 e. The molecule has 0 aliphatic heterocycles. The number of methoxy groups -OCH3 is 1. The summed E-state index contributed by atoms with van der Waals surface area (Å²) in [7, 11) is 1.65. The number of hydrogen-bond acceptors (Lipinski definition) is 6. The Morgan fingerprint density at radius 3 is 1.88 bits per heavy atom. The van der Waals surface area contributed by atoms with Gasteiger partial charge in [-0.05, 0) is 18.6 Å². The van der Waals surface area contributed by atoms with Gasteiger partial charge in [-0.15, -0.1) is 0 Å². The van der Waals surface area contributed by atoms with Crippen molar-refractivity contribution in [3.05, 3.63) is 29.8 Å². The first-order valence-corrected chi connectivity index (χ1v) is 19.4. The van der Waals surface area contributed by atoms with Gasteiger partial charge in [0.15, 0.2) is 6.29 Å². The minimum Gasteiger partial charge on any atom is -0.491 e. The average Bonchev–Trinajstić information content (AvgIpc) is 3.02. The SMILES string of the molecule is CCCCCCCCCCCCCCCCCC(=O)NCCOC(OC(I)CI)c1ccc(OCCOCCOC)cc1. The maximum Gasteiger partial charge on any atom is 0.220 e. The molecule has 2 unspecified atom stereocenters. The molecular weight excluding hydrogens is 772 g/mol. The molecule has 2 atom stereocenters. The molecule has 7 nitrogen and oxygen atoms in total. The van der Waals surface area contributed by atoms with Crippen LogP contribution in [0.25, 0.3) is 0 Å². The number of hydrogen-bond donors (Lipinski definition) is 1. The molecule has 1 rings (SSSR count). The molecule has 0 aliphatic rings. The summed E-state index contributed by atoms with van der Waals surface area (Å²) in [4.78, 5) is 12.3. The highest BCUT2D eigenvalue weighted by molar-refractivity contribution is 14.1. The second-order valence-electron chi connectivity index (χ2n) is 11.0. The van der Waals surface area contributed by atoms with E-state index in [-0.39, 0.29) is 10.0 Å². The summed E-state index contributed by atoms with van der Waals surface area (Å²) in [5, 5.41) is 2.99. The van der Waals surface area contributed by atoms with Crippen LogP contribution >= 0.6 is 45.2 Å². The predicted molar refractivity (Wildman–Crippen MR) is 194 cm³/mol. The van der Waals surface area contributed by atoms with Crippen LogP contribution in [-0.2, 0) is 23.7 Å². The average molecular weight is 832 g/mol. The molecule has 9 heteroatoms. The van der Waals surface area contributed by atoms with Gasteiger partial charge in [-0.25, -0.2) is 0 Å². The molecule has 0 saturated carbocycles. The van der Waals surface area contributed by atoms with E-state index >= 15 is 0 Å². The minimum absolute atomic E-state index is 0.0167. The molecule has 0 spiro atoms. The smallest absolute Gasteiger partial charge is 0.220 e. The molecule has 0 heterocycles. The van der Waals surface area contributed by atoms with Crippen LogP contribution in [0.1, 0.15) is 122 Å². The first kappa shape index (κ1) is 40.8. The molecule has 1 N–H and O–H groups in total. The quantitative estimate of drug-likeness (QED) is 0.0348. The van der Waals surface area contributed by atoms with Gasteiger partial charge in [0.05, 0.1) is 26.4 Å². The van der Waals surface area contributed by atoms with Gasteiger partial charge in [-0.3, -0.25) is 4.79 Å². The fourth-order valence-corrected chi connectivity index (χ4v) is 5.14. The van der Waals surface area contributed by atoms with Crippen LogP contribution in [-0.4, -0.2) is 61.1 Å². The maximum atomic E-state index is 12.3. The van der Waals surface area contributed by atoms with Crippen LogP contribution in [0.15, 0.2) is 24.3 Å². The monoisotopic (exact) mass is 831 g/mol. The Morgan fingerprint density at radius 1 is 0.767 bits per heavy atom. The van der Waals surface area contributed by atoms with Crippen molar-refractivity contribution in [3.63, 3.8) is 0 Å². The van der Waals surface area contributed by atoms with Gasteiger partial charge in [0.2, 0.25) is 5.91 Å². The van der Waals surface area contributed by atoms with Crippen molar-refractivity contribution in [3.8, 4) is 5.75 Å². The fraction of sp³-hybridized carbons (Fsp3) is 0.794. The number of alkyl halides is 2. The van der Waals surface area contributed by atoms with Crippen molar-refractivity contribution < 1.29 is 28.5 Å². The van der Waals surface area contributed by atoms with Gasteiger partial charge < -0.3 is 29.0 Å². The number of ether oxygens (including phenoxy) is 5. The Morgan fingerprint density at radius 2 is 1.33 bits per heavy atom. The van der Waals surface area contributed by atoms with Crippen LogP contribution < -0.4 is 10.1 Å². The molecular formula is C34H59I2NO6. The van der Waals surface area contributed by atoms with E-state index in [0.29, 0.717) is 46.0 Å². The van der Waals surface area contributed by atoms with E-state index in [0.717, 1.165) is 28.6 Å². The lowest BCUT2D eigenvalue weighted by atomic mass is 10.0. The van der Waals surface area contributed by atoms with E-state index in [1.807, 2.05) is 24.3 Å². The van der Waals surface area contributed by atoms with Crippen molar-refractivity contribution in [2.24, 2.45) is 0 Å². The first-order chi connectivity index (χ1) is 21.1. The zero-order valence-electron chi connectivity index (χ0n) is 26.9. The summed E-state index contributed by atoms with van der Waals surface area (Å²) in [5.74, 6) is 0.867. The van der Waals surface area contributed by atoms with Gasteiger partial charge in [-0.2, -0.15) is 0 Å². The molecule has 43 heavy (non-hydrogen) atoms. The van der Waals surface area contributed by atoms with E-state index in [1.54, 1.807) is 7.11 Å². The van der Waals surface area contributed by atoms with Crippen LogP contribution in [0, 0.1) is 0 Å². The number of carbonyl (C=O) groups is 1. The highest BCUT2D eigenvalue weighted by Gasteiger charge is 2.17. The number of nitrogens with one attached hydrogen (secondary N) is 1. The molecule has 250 valence electrons. The number of halogens is 2. The van der Waals surface area contributed by atoms with Crippen molar-refractivity contribution in [1.82, 2.24) is 5.32 Å². The Bertz CT molecular complexity index is 755. The number of benzene rings is 1. The number of rotatable bonds is 31. The lowest BCUT2D eigenvalue weighted by Crippen LogP contribution is -2.28. The van der Waals surface area contributed by atoms with Crippen molar-refractivity contribution in [2.75, 3.05) is 51.1 Å². The molecule has 0 fully saturated rings. The maximum absolute atomic E-state index is 12.3. The highest BCUT2D eigenvalue weighted by Crippen LogP contribution is 2.26. The van der Waals surface area contributed by atoms with Crippen LogP contribution in [0.2, 0.25) is 0 Å². The van der Waals surface area contributed by atoms with Crippen LogP contribution in [0.4, 0.5) is 0 Å². The summed E-state index contributed by atoms with van der Waals surface area (Å²) >= 11 is 4.57. The summed E-state index contributed by atoms with van der Waals surface area (Å²) < 4.78 is 29.1. The van der Waals surface area contributed by atoms with Crippen LogP contribution in [0.5, 0.6) is 5.75 Å². The van der Waals surface area contributed by atoms with Crippen molar-refractivity contribution in [2.45, 2.75) is 120 Å². The lowest BCUT2D eigenvalue weighted by Gasteiger charge is -2.22. The van der Waals surface area contributed by atoms with E-state index < -0.39 is 6.29 Å². The molecule has 1 aromatic rings. The molecule has 1 aromatic carbocycles. The number of amides is 1. The Labute approximate surface area is 289 Å². The molecule has 0 bridgehead atoms. The Balaban J connectivity index is 2.12. The summed E-state index contributed by atoms with van der Waals surface area (Å²) in [6.07, 6.45) is 20.0. The van der Waals surface area contributed by atoms with E-state index in [1.165, 1.54) is 83.5 Å². The Kier molecular flexibility index (Phi) is 28.9. The van der Waals surface area contributed by atoms with Gasteiger partial charge in [0.25, 0.3) is 0 Å². The van der Waals surface area contributed by atoms with Gasteiger partial charge in [-0.1, -0.05) is 154 Å². The van der Waals surface area contributed by atoms with E-state index in [4.69, 9.17) is 23.7 Å². The van der Waals surface area contributed by atoms with Crippen molar-refractivity contribution >= 4 is 51.1 Å². The summed E-state index contributed by atoms with van der Waals surface area (Å²) in [6.45, 7) is 5.26. The second kappa shape index (κ2) is 30.4. The minimum atomic E-state index is -0.504. The molecule has 1 amide bonds. The first-order valence-electron chi connectivity index (χ1n) is 16.6. The van der Waals surface area contributed by atoms with Crippen molar-refractivity contribution in [1.29, 1.82) is 0 Å². The highest BCUT2D eigenvalue weighted by atomic mass is 127. The fourth-order valence-electron chi connectivity index (χ4n) is 4.67. The zero-order chi connectivity index (χ0) is 31.2. The normalized spacial score (nSPS) is 12.7. The third-order valence-electron chi connectivity index (χ3n) is 7.17. The molecule has 0 saturated heterocycles. The third-order valence-corrected chi connectivity index (χ3v) is 10.4. The molecule has 0 aromatic heterocycles. The summed E-state index contributed by atoms with van der Waals surface area (Å²) in [5.41, 5.74) is 0.916. The van der Waals surface area contributed by atoms with Gasteiger partial charge in [0.1, 0.15) is 16.5 Å². The topological polar surface area (TPSA) is 75.3 Å². The third kappa shape index (κ3) is 24.7. The van der Waals surface area contributed by atoms with E-state index in [9.17, 15) is 4.79 Å². The Hall–Kier alpha value is -0.210. The predicted octanol–water partition coefficient (Wildman–Crippen LogP) is 9.33. The number of carbonyl (C=O) groups excluding carboxylic acids is 1. The standard InChI is InChI=1S/C34H59I2NO6/c1-3-4-5-6-7-8-9-10-11-12-13-14-15-16-17-18-33(38)37-23-24-42-34(43-32(36)29-35)30-19-21-31(22-20-30)41-28-27-40-26-25-39-2/h19-22,32,34H,3-18,23-29H2,1-2H3,(H,37,38). The lowest BCUT2D eigenvalue weighted by molar-refractivity contribution is -0.147. The van der Waals surface area contributed by atoms with Gasteiger partial charge in [0, 0.05) is 30.1 Å². The second-order valence-corrected chi connectivity index (χ2v) is 13.2. The number of unbranched alkanes of at least 4 members (excludes halogenated alkanes) is 14.